The van der Waals surface area contributed by atoms with Crippen LogP contribution in [0, 0.1) is 0 Å². The molecule has 0 aliphatic carbocycles. The second kappa shape index (κ2) is 4.25. The van der Waals surface area contributed by atoms with Crippen LogP contribution in [0.1, 0.15) is 29.3 Å². The summed E-state index contributed by atoms with van der Waals surface area (Å²) in [6, 6.07) is 2.50. The van der Waals surface area contributed by atoms with Crippen molar-refractivity contribution >= 4 is 5.97 Å². The summed E-state index contributed by atoms with van der Waals surface area (Å²) in [5.74, 6) is -1.07. The average molecular weight is 238 g/mol. The summed E-state index contributed by atoms with van der Waals surface area (Å²) in [7, 11) is 0. The second-order valence-electron chi connectivity index (χ2n) is 4.12. The second-order valence-corrected chi connectivity index (χ2v) is 4.12. The number of cyclic esters (lactones) is 1. The van der Waals surface area contributed by atoms with Gasteiger partial charge in [-0.2, -0.15) is 0 Å². The minimum absolute atomic E-state index is 0.0716. The smallest absolute Gasteiger partial charge is 0.342 e. The van der Waals surface area contributed by atoms with Gasteiger partial charge in [0.1, 0.15) is 23.2 Å². The van der Waals surface area contributed by atoms with Gasteiger partial charge in [-0.05, 0) is 18.1 Å². The van der Waals surface area contributed by atoms with E-state index in [9.17, 15) is 20.1 Å². The third kappa shape index (κ3) is 2.06. The Bertz CT molecular complexity index is 454. The molecule has 0 bridgehead atoms. The maximum absolute atomic E-state index is 11.7. The summed E-state index contributed by atoms with van der Waals surface area (Å²) in [4.78, 5) is 11.7. The number of aromatic hydroxyl groups is 2. The molecular weight excluding hydrogens is 224 g/mol. The quantitative estimate of drug-likeness (QED) is 0.668. The Hall–Kier alpha value is -1.75. The Morgan fingerprint density at radius 1 is 1.47 bits per heavy atom. The molecule has 1 aliphatic heterocycles. The molecule has 0 saturated carbocycles. The van der Waals surface area contributed by atoms with Gasteiger partial charge in [0, 0.05) is 12.5 Å². The minimum atomic E-state index is -0.739. The molecule has 0 saturated heterocycles. The number of aliphatic hydroxyl groups is 1. The van der Waals surface area contributed by atoms with Crippen LogP contribution >= 0.6 is 0 Å². The number of carbonyl (C=O) groups excluding carboxylic acids is 1. The van der Waals surface area contributed by atoms with Crippen molar-refractivity contribution in [2.75, 3.05) is 0 Å². The molecule has 3 N–H and O–H groups in total. The molecule has 2 atom stereocenters. The highest BCUT2D eigenvalue weighted by Gasteiger charge is 2.32. The van der Waals surface area contributed by atoms with Crippen LogP contribution in [0.5, 0.6) is 11.5 Å². The van der Waals surface area contributed by atoms with Crippen molar-refractivity contribution < 1.29 is 24.9 Å². The van der Waals surface area contributed by atoms with E-state index in [2.05, 4.69) is 0 Å². The minimum Gasteiger partial charge on any atom is -0.508 e. The van der Waals surface area contributed by atoms with Crippen molar-refractivity contribution in [2.45, 2.75) is 32.0 Å². The summed E-state index contributed by atoms with van der Waals surface area (Å²) in [5.41, 5.74) is 0.568. The molecule has 0 aromatic heterocycles. The zero-order chi connectivity index (χ0) is 12.6. The van der Waals surface area contributed by atoms with Crippen LogP contribution in [0.3, 0.4) is 0 Å². The zero-order valence-corrected chi connectivity index (χ0v) is 9.38. The first-order valence-electron chi connectivity index (χ1n) is 5.46. The SMILES string of the molecule is CC[C@H](O)[C@H]1Cc2cc(O)cc(O)c2C(=O)O1. The van der Waals surface area contributed by atoms with Gasteiger partial charge < -0.3 is 20.1 Å². The predicted octanol–water partition coefficient (Wildman–Crippen LogP) is 0.950. The van der Waals surface area contributed by atoms with Crippen LogP contribution in [0.15, 0.2) is 12.1 Å². The molecule has 0 radical (unpaired) electrons. The van der Waals surface area contributed by atoms with Crippen molar-refractivity contribution in [3.05, 3.63) is 23.3 Å². The van der Waals surface area contributed by atoms with Crippen molar-refractivity contribution in [2.24, 2.45) is 0 Å². The lowest BCUT2D eigenvalue weighted by atomic mass is 9.94. The molecule has 5 heteroatoms. The first-order chi connectivity index (χ1) is 8.02. The normalized spacial score (nSPS) is 20.6. The van der Waals surface area contributed by atoms with E-state index in [-0.39, 0.29) is 23.5 Å². The van der Waals surface area contributed by atoms with Gasteiger partial charge >= 0.3 is 5.97 Å². The first-order valence-corrected chi connectivity index (χ1v) is 5.46. The molecule has 0 unspecified atom stereocenters. The number of hydrogen-bond acceptors (Lipinski definition) is 5. The number of fused-ring (bicyclic) bond motifs is 1. The summed E-state index contributed by atoms with van der Waals surface area (Å²) in [5, 5.41) is 28.6. The molecule has 2 rings (SSSR count). The molecule has 0 fully saturated rings. The molecule has 1 aromatic carbocycles. The summed E-state index contributed by atoms with van der Waals surface area (Å²) in [6.07, 6.45) is -0.603. The molecule has 1 aromatic rings. The van der Waals surface area contributed by atoms with Crippen LogP contribution in [-0.4, -0.2) is 33.5 Å². The molecule has 0 amide bonds. The van der Waals surface area contributed by atoms with Gasteiger partial charge in [0.2, 0.25) is 0 Å². The Morgan fingerprint density at radius 2 is 2.18 bits per heavy atom. The number of phenols is 2. The van der Waals surface area contributed by atoms with Gasteiger partial charge in [0.15, 0.2) is 0 Å². The standard InChI is InChI=1S/C12H14O5/c1-2-8(14)10-4-6-3-7(13)5-9(15)11(6)12(16)17-10/h3,5,8,10,13-15H,2,4H2,1H3/t8-,10+/m0/s1. The van der Waals surface area contributed by atoms with E-state index in [0.29, 0.717) is 12.0 Å². The predicted molar refractivity (Wildman–Crippen MR) is 59.0 cm³/mol. The third-order valence-corrected chi connectivity index (χ3v) is 2.92. The molecular formula is C12H14O5. The number of aliphatic hydroxyl groups excluding tert-OH is 1. The van der Waals surface area contributed by atoms with Crippen molar-refractivity contribution in [3.8, 4) is 11.5 Å². The molecule has 5 nitrogen and oxygen atoms in total. The van der Waals surface area contributed by atoms with Gasteiger partial charge in [-0.15, -0.1) is 0 Å². The van der Waals surface area contributed by atoms with E-state index >= 15 is 0 Å². The lowest BCUT2D eigenvalue weighted by Gasteiger charge is -2.28. The molecule has 17 heavy (non-hydrogen) atoms. The first kappa shape index (κ1) is 11.7. The number of esters is 1. The number of carbonyl (C=O) groups is 1. The maximum Gasteiger partial charge on any atom is 0.342 e. The Morgan fingerprint density at radius 3 is 2.82 bits per heavy atom. The highest BCUT2D eigenvalue weighted by atomic mass is 16.6. The Balaban J connectivity index is 2.39. The number of hydrogen-bond donors (Lipinski definition) is 3. The van der Waals surface area contributed by atoms with E-state index in [1.54, 1.807) is 6.92 Å². The molecule has 0 spiro atoms. The van der Waals surface area contributed by atoms with Gasteiger partial charge in [-0.25, -0.2) is 4.79 Å². The van der Waals surface area contributed by atoms with E-state index in [1.807, 2.05) is 0 Å². The van der Waals surface area contributed by atoms with E-state index < -0.39 is 18.2 Å². The fourth-order valence-corrected chi connectivity index (χ4v) is 2.00. The van der Waals surface area contributed by atoms with E-state index in [4.69, 9.17) is 4.74 Å². The fraction of sp³-hybridized carbons (Fsp3) is 0.417. The van der Waals surface area contributed by atoms with Gasteiger partial charge in [0.05, 0.1) is 6.10 Å². The highest BCUT2D eigenvalue weighted by molar-refractivity contribution is 5.95. The molecule has 1 aliphatic rings. The maximum atomic E-state index is 11.7. The third-order valence-electron chi connectivity index (χ3n) is 2.92. The molecule has 92 valence electrons. The van der Waals surface area contributed by atoms with Crippen LogP contribution in [0.2, 0.25) is 0 Å². The zero-order valence-electron chi connectivity index (χ0n) is 9.38. The lowest BCUT2D eigenvalue weighted by Crippen LogP contribution is -2.36. The van der Waals surface area contributed by atoms with Gasteiger partial charge in [-0.1, -0.05) is 6.92 Å². The Labute approximate surface area is 98.3 Å². The Kier molecular flexibility index (Phi) is 2.93. The van der Waals surface area contributed by atoms with Crippen molar-refractivity contribution in [1.82, 2.24) is 0 Å². The topological polar surface area (TPSA) is 87.0 Å². The summed E-state index contributed by atoms with van der Waals surface area (Å²) < 4.78 is 5.06. The van der Waals surface area contributed by atoms with Crippen LogP contribution in [-0.2, 0) is 11.2 Å². The highest BCUT2D eigenvalue weighted by Crippen LogP contribution is 2.33. The van der Waals surface area contributed by atoms with Gasteiger partial charge in [-0.3, -0.25) is 0 Å². The molecule has 1 heterocycles. The summed E-state index contributed by atoms with van der Waals surface area (Å²) >= 11 is 0. The lowest BCUT2D eigenvalue weighted by molar-refractivity contribution is -0.0241. The number of benzene rings is 1. The number of ether oxygens (including phenoxy) is 1. The van der Waals surface area contributed by atoms with E-state index in [1.165, 1.54) is 6.07 Å². The average Bonchev–Trinajstić information content (AvgIpc) is 2.26. The van der Waals surface area contributed by atoms with Crippen molar-refractivity contribution in [3.63, 3.8) is 0 Å². The number of rotatable bonds is 2. The van der Waals surface area contributed by atoms with Crippen molar-refractivity contribution in [1.29, 1.82) is 0 Å². The monoisotopic (exact) mass is 238 g/mol. The number of phenolic OH excluding ortho intramolecular Hbond substituents is 2. The largest absolute Gasteiger partial charge is 0.508 e. The van der Waals surface area contributed by atoms with E-state index in [0.717, 1.165) is 6.07 Å². The fourth-order valence-electron chi connectivity index (χ4n) is 2.00. The van der Waals surface area contributed by atoms with Crippen LogP contribution in [0.4, 0.5) is 0 Å². The van der Waals surface area contributed by atoms with Gasteiger partial charge in [0.25, 0.3) is 0 Å². The van der Waals surface area contributed by atoms with Crippen LogP contribution < -0.4 is 0 Å². The summed E-state index contributed by atoms with van der Waals surface area (Å²) in [6.45, 7) is 1.79. The van der Waals surface area contributed by atoms with Crippen LogP contribution in [0.25, 0.3) is 0 Å².